The Balaban J connectivity index is 1.53. The minimum atomic E-state index is -0.258. The second-order valence-electron chi connectivity index (χ2n) is 6.88. The summed E-state index contributed by atoms with van der Waals surface area (Å²) in [4.78, 5) is 15.5. The van der Waals surface area contributed by atoms with Crippen molar-refractivity contribution in [3.63, 3.8) is 0 Å². The van der Waals surface area contributed by atoms with E-state index in [1.807, 2.05) is 0 Å². The first kappa shape index (κ1) is 13.2. The summed E-state index contributed by atoms with van der Waals surface area (Å²) in [5, 5.41) is 3.61. The molecule has 19 heavy (non-hydrogen) atoms. The van der Waals surface area contributed by atoms with Crippen molar-refractivity contribution in [3.8, 4) is 0 Å². The van der Waals surface area contributed by atoms with Gasteiger partial charge in [0, 0.05) is 37.1 Å². The third-order valence-corrected chi connectivity index (χ3v) is 5.43. The number of carbonyl (C=O) groups is 1. The van der Waals surface area contributed by atoms with Crippen LogP contribution in [-0.4, -0.2) is 60.6 Å². The van der Waals surface area contributed by atoms with Crippen LogP contribution in [-0.2, 0) is 0 Å². The number of rotatable bonds is 2. The molecule has 1 atom stereocenters. The number of likely N-dealkylation sites (tertiary alicyclic amines) is 2. The van der Waals surface area contributed by atoms with E-state index in [2.05, 4.69) is 24.1 Å². The van der Waals surface area contributed by atoms with Gasteiger partial charge in [-0.15, -0.1) is 0 Å². The second-order valence-corrected chi connectivity index (χ2v) is 6.88. The largest absolute Gasteiger partial charge is 0.351 e. The summed E-state index contributed by atoms with van der Waals surface area (Å²) >= 11 is 0. The molecule has 108 valence electrons. The number of primary amides is 1. The molecular weight excluding hydrogens is 240 g/mol. The van der Waals surface area contributed by atoms with Gasteiger partial charge in [0.2, 0.25) is 0 Å². The van der Waals surface area contributed by atoms with E-state index in [0.717, 1.165) is 25.6 Å². The molecule has 2 amide bonds. The molecule has 3 heterocycles. The van der Waals surface area contributed by atoms with Crippen LogP contribution >= 0.6 is 0 Å². The van der Waals surface area contributed by atoms with Crippen molar-refractivity contribution in [2.45, 2.75) is 38.8 Å². The Morgan fingerprint density at radius 1 is 1.32 bits per heavy atom. The summed E-state index contributed by atoms with van der Waals surface area (Å²) in [7, 11) is 0. The Labute approximate surface area is 115 Å². The van der Waals surface area contributed by atoms with E-state index >= 15 is 0 Å². The van der Waals surface area contributed by atoms with E-state index in [0.29, 0.717) is 17.5 Å². The Morgan fingerprint density at radius 3 is 2.37 bits per heavy atom. The van der Waals surface area contributed by atoms with Gasteiger partial charge in [-0.1, -0.05) is 0 Å². The molecule has 0 aromatic rings. The molecule has 3 aliphatic heterocycles. The standard InChI is InChI=1S/C14H26N4O/c1-10(2)17-5-3-11(4-6-17)12-14(7-16-12)8-18(9-14)13(15)19/h10-12,16H,3-9H2,1-2H3,(H2,15,19). The van der Waals surface area contributed by atoms with Crippen LogP contribution in [0.15, 0.2) is 0 Å². The second kappa shape index (κ2) is 4.63. The maximum Gasteiger partial charge on any atom is 0.314 e. The number of amides is 2. The molecule has 3 rings (SSSR count). The average molecular weight is 266 g/mol. The first-order chi connectivity index (χ1) is 9.02. The van der Waals surface area contributed by atoms with Gasteiger partial charge in [0.25, 0.3) is 0 Å². The van der Waals surface area contributed by atoms with Crippen molar-refractivity contribution in [1.29, 1.82) is 0 Å². The van der Waals surface area contributed by atoms with Crippen molar-refractivity contribution in [1.82, 2.24) is 15.1 Å². The molecule has 0 aliphatic carbocycles. The van der Waals surface area contributed by atoms with E-state index in [1.165, 1.54) is 25.9 Å². The third-order valence-electron chi connectivity index (χ3n) is 5.43. The Morgan fingerprint density at radius 2 is 1.95 bits per heavy atom. The monoisotopic (exact) mass is 266 g/mol. The zero-order valence-electron chi connectivity index (χ0n) is 12.1. The minimum absolute atomic E-state index is 0.258. The summed E-state index contributed by atoms with van der Waals surface area (Å²) in [6, 6.07) is 1.02. The number of nitrogens with zero attached hydrogens (tertiary/aromatic N) is 2. The fraction of sp³-hybridized carbons (Fsp3) is 0.929. The van der Waals surface area contributed by atoms with Gasteiger partial charge in [-0.25, -0.2) is 4.79 Å². The lowest BCUT2D eigenvalue weighted by Crippen LogP contribution is -2.79. The van der Waals surface area contributed by atoms with Gasteiger partial charge >= 0.3 is 6.03 Å². The number of piperidine rings is 1. The molecule has 0 radical (unpaired) electrons. The maximum absolute atomic E-state index is 11.1. The molecule has 3 aliphatic rings. The van der Waals surface area contributed by atoms with Gasteiger partial charge in [-0.2, -0.15) is 0 Å². The molecule has 3 fully saturated rings. The van der Waals surface area contributed by atoms with Crippen LogP contribution < -0.4 is 11.1 Å². The van der Waals surface area contributed by atoms with Crippen LogP contribution in [0.1, 0.15) is 26.7 Å². The van der Waals surface area contributed by atoms with Gasteiger partial charge < -0.3 is 20.9 Å². The van der Waals surface area contributed by atoms with Crippen molar-refractivity contribution in [3.05, 3.63) is 0 Å². The minimum Gasteiger partial charge on any atom is -0.351 e. The van der Waals surface area contributed by atoms with Gasteiger partial charge in [0.05, 0.1) is 0 Å². The van der Waals surface area contributed by atoms with Crippen LogP contribution in [0.3, 0.4) is 0 Å². The highest BCUT2D eigenvalue weighted by molar-refractivity contribution is 5.73. The summed E-state index contributed by atoms with van der Waals surface area (Å²) in [5.41, 5.74) is 5.68. The first-order valence-electron chi connectivity index (χ1n) is 7.54. The quantitative estimate of drug-likeness (QED) is 0.763. The van der Waals surface area contributed by atoms with Crippen molar-refractivity contribution >= 4 is 6.03 Å². The summed E-state index contributed by atoms with van der Waals surface area (Å²) in [5.74, 6) is 0.777. The predicted octanol–water partition coefficient (Wildman–Crippen LogP) is 0.459. The highest BCUT2D eigenvalue weighted by Gasteiger charge is 2.57. The van der Waals surface area contributed by atoms with Crippen LogP contribution in [0.4, 0.5) is 4.79 Å². The fourth-order valence-corrected chi connectivity index (χ4v) is 4.12. The van der Waals surface area contributed by atoms with Gasteiger partial charge in [-0.3, -0.25) is 0 Å². The fourth-order valence-electron chi connectivity index (χ4n) is 4.12. The molecule has 0 saturated carbocycles. The number of carbonyl (C=O) groups excluding carboxylic acids is 1. The van der Waals surface area contributed by atoms with E-state index < -0.39 is 0 Å². The third kappa shape index (κ3) is 2.13. The highest BCUT2D eigenvalue weighted by Crippen LogP contribution is 2.44. The number of nitrogens with one attached hydrogen (secondary N) is 1. The van der Waals surface area contributed by atoms with Gasteiger partial charge in [0.1, 0.15) is 0 Å². The average Bonchev–Trinajstić information content (AvgIpc) is 2.26. The van der Waals surface area contributed by atoms with E-state index in [-0.39, 0.29) is 6.03 Å². The molecule has 5 heteroatoms. The molecule has 5 nitrogen and oxygen atoms in total. The lowest BCUT2D eigenvalue weighted by molar-refractivity contribution is -0.0846. The number of hydrogen-bond donors (Lipinski definition) is 2. The lowest BCUT2D eigenvalue weighted by atomic mass is 9.61. The zero-order valence-corrected chi connectivity index (χ0v) is 12.1. The normalized spacial score (nSPS) is 31.3. The Hall–Kier alpha value is -0.810. The van der Waals surface area contributed by atoms with E-state index in [9.17, 15) is 4.79 Å². The lowest BCUT2D eigenvalue weighted by Gasteiger charge is -2.63. The Kier molecular flexibility index (Phi) is 3.21. The van der Waals surface area contributed by atoms with E-state index in [1.54, 1.807) is 4.90 Å². The zero-order chi connectivity index (χ0) is 13.6. The molecule has 1 unspecified atom stereocenters. The number of nitrogens with two attached hydrogens (primary N) is 1. The van der Waals surface area contributed by atoms with Crippen LogP contribution in [0.25, 0.3) is 0 Å². The van der Waals surface area contributed by atoms with Gasteiger partial charge in [0.15, 0.2) is 0 Å². The predicted molar refractivity (Wildman–Crippen MR) is 74.8 cm³/mol. The topological polar surface area (TPSA) is 61.6 Å². The van der Waals surface area contributed by atoms with Crippen LogP contribution in [0, 0.1) is 11.3 Å². The molecule has 3 saturated heterocycles. The highest BCUT2D eigenvalue weighted by atomic mass is 16.2. The SMILES string of the molecule is CC(C)N1CCC(C2NCC23CN(C(N)=O)C3)CC1. The first-order valence-corrected chi connectivity index (χ1v) is 7.54. The van der Waals surface area contributed by atoms with Crippen molar-refractivity contribution < 1.29 is 4.79 Å². The van der Waals surface area contributed by atoms with Crippen LogP contribution in [0.2, 0.25) is 0 Å². The Bertz CT molecular complexity index is 356. The summed E-state index contributed by atoms with van der Waals surface area (Å²) in [6.07, 6.45) is 2.57. The summed E-state index contributed by atoms with van der Waals surface area (Å²) < 4.78 is 0. The summed E-state index contributed by atoms with van der Waals surface area (Å²) in [6.45, 7) is 9.78. The van der Waals surface area contributed by atoms with E-state index in [4.69, 9.17) is 5.73 Å². The van der Waals surface area contributed by atoms with Gasteiger partial charge in [-0.05, 0) is 45.7 Å². The number of hydrogen-bond acceptors (Lipinski definition) is 3. The van der Waals surface area contributed by atoms with Crippen molar-refractivity contribution in [2.24, 2.45) is 17.1 Å². The maximum atomic E-state index is 11.1. The molecule has 0 aromatic carbocycles. The molecule has 1 spiro atoms. The molecule has 3 N–H and O–H groups in total. The van der Waals surface area contributed by atoms with Crippen LogP contribution in [0.5, 0.6) is 0 Å². The number of urea groups is 1. The van der Waals surface area contributed by atoms with Crippen molar-refractivity contribution in [2.75, 3.05) is 32.7 Å². The smallest absolute Gasteiger partial charge is 0.314 e. The molecule has 0 bridgehead atoms. The molecular formula is C14H26N4O. The molecule has 0 aromatic heterocycles.